The van der Waals surface area contributed by atoms with Crippen LogP contribution < -0.4 is 10.2 Å². The van der Waals surface area contributed by atoms with Crippen LogP contribution in [0.15, 0.2) is 18.5 Å². The number of anilines is 1. The molecule has 0 aromatic carbocycles. The third-order valence-corrected chi connectivity index (χ3v) is 5.99. The fraction of sp³-hybridized carbons (Fsp3) is 0.700. The van der Waals surface area contributed by atoms with Crippen LogP contribution >= 0.6 is 0 Å². The van der Waals surface area contributed by atoms with Gasteiger partial charge in [-0.1, -0.05) is 0 Å². The van der Waals surface area contributed by atoms with E-state index < -0.39 is 12.1 Å². The van der Waals surface area contributed by atoms with E-state index >= 15 is 0 Å². The first-order chi connectivity index (χ1) is 15.1. The second-order valence-corrected chi connectivity index (χ2v) is 8.33. The molecule has 12 heteroatoms. The number of nitrogens with one attached hydrogen (secondary N) is 1. The van der Waals surface area contributed by atoms with E-state index in [1.807, 2.05) is 6.07 Å². The monoisotopic (exact) mass is 459 g/mol. The minimum Gasteiger partial charge on any atom is -0.475 e. The Balaban J connectivity index is 0.000000360. The van der Waals surface area contributed by atoms with Gasteiger partial charge in [-0.3, -0.25) is 4.79 Å². The van der Waals surface area contributed by atoms with Crippen LogP contribution in [0.1, 0.15) is 25.7 Å². The fourth-order valence-corrected chi connectivity index (χ4v) is 4.18. The number of ether oxygens (including phenoxy) is 1. The third-order valence-electron chi connectivity index (χ3n) is 5.99. The third kappa shape index (κ3) is 6.52. The molecule has 0 spiro atoms. The van der Waals surface area contributed by atoms with E-state index in [9.17, 15) is 18.0 Å². The standard InChI is InChI=1S/C18H27N5O2.C2HF3O2/c1-22-8-4-14(5-9-22)21-17(24)15-11-13-3-10-23(12-16(13)25-15)18-19-6-2-7-20-18;3-2(4,5)1(6)7/h2,6-7,13-16H,3-5,8-12H2,1H3,(H,21,24);(H,6,7)/t13-,15+,16+;/m0./s1. The molecule has 1 aromatic heterocycles. The highest BCUT2D eigenvalue weighted by molar-refractivity contribution is 5.81. The number of rotatable bonds is 3. The van der Waals surface area contributed by atoms with Crippen molar-refractivity contribution in [1.29, 1.82) is 0 Å². The average molecular weight is 459 g/mol. The molecule has 32 heavy (non-hydrogen) atoms. The van der Waals surface area contributed by atoms with Crippen molar-refractivity contribution in [2.45, 2.75) is 50.1 Å². The van der Waals surface area contributed by atoms with E-state index in [-0.39, 0.29) is 18.1 Å². The molecule has 9 nitrogen and oxygen atoms in total. The predicted molar refractivity (Wildman–Crippen MR) is 108 cm³/mol. The average Bonchev–Trinajstić information content (AvgIpc) is 3.19. The number of hydrogen-bond acceptors (Lipinski definition) is 7. The van der Waals surface area contributed by atoms with E-state index in [4.69, 9.17) is 14.6 Å². The highest BCUT2D eigenvalue weighted by Crippen LogP contribution is 2.34. The van der Waals surface area contributed by atoms with Crippen molar-refractivity contribution >= 4 is 17.8 Å². The lowest BCUT2D eigenvalue weighted by atomic mass is 9.91. The molecule has 3 aliphatic heterocycles. The normalized spacial score (nSPS) is 26.6. The Morgan fingerprint density at radius 2 is 1.78 bits per heavy atom. The summed E-state index contributed by atoms with van der Waals surface area (Å²) in [6.07, 6.45) is 2.18. The van der Waals surface area contributed by atoms with Gasteiger partial charge >= 0.3 is 12.1 Å². The van der Waals surface area contributed by atoms with Crippen LogP contribution in [0.5, 0.6) is 0 Å². The van der Waals surface area contributed by atoms with Gasteiger partial charge in [0.25, 0.3) is 0 Å². The maximum absolute atomic E-state index is 12.6. The molecule has 1 amide bonds. The summed E-state index contributed by atoms with van der Waals surface area (Å²) in [4.78, 5) is 34.6. The molecule has 0 aliphatic carbocycles. The summed E-state index contributed by atoms with van der Waals surface area (Å²) in [6.45, 7) is 3.80. The first kappa shape index (κ1) is 24.2. The van der Waals surface area contributed by atoms with Gasteiger partial charge in [-0.05, 0) is 57.8 Å². The van der Waals surface area contributed by atoms with Crippen LogP contribution in [0, 0.1) is 5.92 Å². The number of piperidine rings is 2. The van der Waals surface area contributed by atoms with Gasteiger partial charge in [0.1, 0.15) is 6.10 Å². The lowest BCUT2D eigenvalue weighted by Gasteiger charge is -2.33. The predicted octanol–water partition coefficient (Wildman–Crippen LogP) is 1.30. The minimum absolute atomic E-state index is 0.0754. The Labute approximate surface area is 183 Å². The van der Waals surface area contributed by atoms with Crippen molar-refractivity contribution in [3.8, 4) is 0 Å². The van der Waals surface area contributed by atoms with Gasteiger partial charge in [-0.2, -0.15) is 13.2 Å². The number of hydrogen-bond donors (Lipinski definition) is 2. The highest BCUT2D eigenvalue weighted by Gasteiger charge is 2.42. The molecule has 4 rings (SSSR count). The number of aromatic nitrogens is 2. The summed E-state index contributed by atoms with van der Waals surface area (Å²) in [5.74, 6) is -1.46. The summed E-state index contributed by atoms with van der Waals surface area (Å²) in [5.41, 5.74) is 0. The van der Waals surface area contributed by atoms with Crippen LogP contribution in [-0.2, 0) is 14.3 Å². The topological polar surface area (TPSA) is 108 Å². The van der Waals surface area contributed by atoms with Crippen LogP contribution in [0.3, 0.4) is 0 Å². The molecule has 0 saturated carbocycles. The first-order valence-corrected chi connectivity index (χ1v) is 10.6. The molecule has 3 atom stereocenters. The molecule has 2 N–H and O–H groups in total. The zero-order valence-electron chi connectivity index (χ0n) is 17.8. The molecular formula is C20H28F3N5O4. The number of carbonyl (C=O) groups is 2. The zero-order valence-corrected chi connectivity index (χ0v) is 17.8. The van der Waals surface area contributed by atoms with Gasteiger partial charge in [-0.25, -0.2) is 14.8 Å². The maximum atomic E-state index is 12.6. The van der Waals surface area contributed by atoms with Gasteiger partial charge in [0.05, 0.1) is 6.10 Å². The Morgan fingerprint density at radius 3 is 2.38 bits per heavy atom. The molecular weight excluding hydrogens is 431 g/mol. The Morgan fingerprint density at radius 1 is 1.16 bits per heavy atom. The zero-order chi connectivity index (χ0) is 23.3. The van der Waals surface area contributed by atoms with Crippen molar-refractivity contribution in [2.75, 3.05) is 38.1 Å². The summed E-state index contributed by atoms with van der Waals surface area (Å²) >= 11 is 0. The molecule has 3 saturated heterocycles. The number of aliphatic carboxylic acids is 1. The molecule has 0 bridgehead atoms. The van der Waals surface area contributed by atoms with Crippen LogP contribution in [0.25, 0.3) is 0 Å². The van der Waals surface area contributed by atoms with E-state index in [0.717, 1.165) is 57.8 Å². The van der Waals surface area contributed by atoms with Gasteiger partial charge in [0, 0.05) is 31.5 Å². The number of carboxylic acid groups (broad SMARTS) is 1. The second-order valence-electron chi connectivity index (χ2n) is 8.33. The number of carboxylic acids is 1. The van der Waals surface area contributed by atoms with Crippen molar-refractivity contribution in [2.24, 2.45) is 5.92 Å². The van der Waals surface area contributed by atoms with Crippen LogP contribution in [0.2, 0.25) is 0 Å². The summed E-state index contributed by atoms with van der Waals surface area (Å²) in [5, 5.41) is 10.3. The number of carbonyl (C=O) groups excluding carboxylic acids is 1. The molecule has 0 unspecified atom stereocenters. The number of likely N-dealkylation sites (tertiary alicyclic amines) is 1. The lowest BCUT2D eigenvalue weighted by molar-refractivity contribution is -0.192. The van der Waals surface area contributed by atoms with Crippen molar-refractivity contribution < 1.29 is 32.6 Å². The summed E-state index contributed by atoms with van der Waals surface area (Å²) in [7, 11) is 2.13. The molecule has 0 radical (unpaired) electrons. The molecule has 4 heterocycles. The van der Waals surface area contributed by atoms with E-state index in [1.165, 1.54) is 0 Å². The van der Waals surface area contributed by atoms with Gasteiger partial charge in [0.15, 0.2) is 0 Å². The Hall–Kier alpha value is -2.47. The van der Waals surface area contributed by atoms with E-state index in [1.54, 1.807) is 12.4 Å². The van der Waals surface area contributed by atoms with E-state index in [2.05, 4.69) is 32.1 Å². The quantitative estimate of drug-likeness (QED) is 0.697. The SMILES string of the molecule is CN1CCC(NC(=O)[C@H]2C[C@@H]3CCN(c4ncccn4)C[C@H]3O2)CC1.O=C(O)C(F)(F)F. The second kappa shape index (κ2) is 10.4. The minimum atomic E-state index is -5.08. The molecule has 3 aliphatic rings. The number of nitrogens with zero attached hydrogens (tertiary/aromatic N) is 4. The highest BCUT2D eigenvalue weighted by atomic mass is 19.4. The van der Waals surface area contributed by atoms with Crippen molar-refractivity contribution in [1.82, 2.24) is 20.2 Å². The Kier molecular flexibility index (Phi) is 7.88. The van der Waals surface area contributed by atoms with E-state index in [0.29, 0.717) is 12.0 Å². The molecule has 3 fully saturated rings. The number of halogens is 3. The Bertz CT molecular complexity index is 774. The summed E-state index contributed by atoms with van der Waals surface area (Å²) in [6, 6.07) is 2.12. The van der Waals surface area contributed by atoms with Crippen LogP contribution in [-0.4, -0.2) is 89.5 Å². The fourth-order valence-electron chi connectivity index (χ4n) is 4.18. The molecule has 1 aromatic rings. The maximum Gasteiger partial charge on any atom is 0.490 e. The smallest absolute Gasteiger partial charge is 0.475 e. The van der Waals surface area contributed by atoms with Gasteiger partial charge < -0.3 is 25.0 Å². The number of amides is 1. The largest absolute Gasteiger partial charge is 0.490 e. The van der Waals surface area contributed by atoms with Crippen molar-refractivity contribution in [3.63, 3.8) is 0 Å². The first-order valence-electron chi connectivity index (χ1n) is 10.6. The number of alkyl halides is 3. The number of fused-ring (bicyclic) bond motifs is 1. The summed E-state index contributed by atoms with van der Waals surface area (Å²) < 4.78 is 37.9. The van der Waals surface area contributed by atoms with Crippen LogP contribution in [0.4, 0.5) is 19.1 Å². The molecule has 178 valence electrons. The van der Waals surface area contributed by atoms with Gasteiger partial charge in [-0.15, -0.1) is 0 Å². The van der Waals surface area contributed by atoms with Gasteiger partial charge in [0.2, 0.25) is 11.9 Å². The lowest BCUT2D eigenvalue weighted by Crippen LogP contribution is -2.47. The van der Waals surface area contributed by atoms with Crippen molar-refractivity contribution in [3.05, 3.63) is 18.5 Å².